The zero-order chi connectivity index (χ0) is 18.7. The highest BCUT2D eigenvalue weighted by Crippen LogP contribution is 2.35. The summed E-state index contributed by atoms with van der Waals surface area (Å²) in [5.41, 5.74) is 1.12. The first-order chi connectivity index (χ1) is 11.7. The number of rotatable bonds is 5. The zero-order valence-corrected chi connectivity index (χ0v) is 16.7. The lowest BCUT2D eigenvalue weighted by Crippen LogP contribution is -2.46. The van der Waals surface area contributed by atoms with Crippen molar-refractivity contribution in [3.8, 4) is 0 Å². The van der Waals surface area contributed by atoms with Crippen molar-refractivity contribution < 1.29 is 9.18 Å². The second-order valence-electron chi connectivity index (χ2n) is 8.50. The minimum atomic E-state index is -0.410. The number of allylic oxidation sites excluding steroid dienone is 2. The number of amides is 1. The van der Waals surface area contributed by atoms with Crippen LogP contribution < -0.4 is 5.32 Å². The van der Waals surface area contributed by atoms with Crippen molar-refractivity contribution in [2.45, 2.75) is 72.8 Å². The minimum Gasteiger partial charge on any atom is -0.349 e. The molecule has 1 N–H and O–H groups in total. The van der Waals surface area contributed by atoms with Gasteiger partial charge in [-0.2, -0.15) is 4.39 Å². The topological polar surface area (TPSA) is 32.3 Å². The smallest absolute Gasteiger partial charge is 0.252 e. The Morgan fingerprint density at radius 2 is 1.96 bits per heavy atom. The van der Waals surface area contributed by atoms with E-state index in [-0.39, 0.29) is 23.4 Å². The zero-order valence-electron chi connectivity index (χ0n) is 16.7. The molecule has 0 aromatic carbocycles. The van der Waals surface area contributed by atoms with E-state index in [2.05, 4.69) is 26.1 Å². The van der Waals surface area contributed by atoms with E-state index in [1.165, 1.54) is 17.7 Å². The van der Waals surface area contributed by atoms with Crippen molar-refractivity contribution in [2.75, 3.05) is 7.05 Å². The van der Waals surface area contributed by atoms with E-state index in [4.69, 9.17) is 0 Å². The molecule has 0 saturated heterocycles. The molecule has 0 radical (unpaired) electrons. The van der Waals surface area contributed by atoms with E-state index in [0.29, 0.717) is 17.8 Å². The van der Waals surface area contributed by atoms with Gasteiger partial charge in [0.2, 0.25) is 5.95 Å². The Balaban J connectivity index is 2.12. The maximum atomic E-state index is 14.7. The van der Waals surface area contributed by atoms with Gasteiger partial charge < -0.3 is 10.2 Å². The third-order valence-corrected chi connectivity index (χ3v) is 5.95. The molecule has 2 rings (SSSR count). The molecular formula is C21H35FN2O. The predicted octanol–water partition coefficient (Wildman–Crippen LogP) is 5.01. The molecule has 1 heterocycles. The van der Waals surface area contributed by atoms with Gasteiger partial charge in [-0.3, -0.25) is 4.79 Å². The van der Waals surface area contributed by atoms with E-state index >= 15 is 0 Å². The van der Waals surface area contributed by atoms with Crippen LogP contribution in [0.1, 0.15) is 66.7 Å². The summed E-state index contributed by atoms with van der Waals surface area (Å²) in [6.07, 6.45) is 7.68. The number of halogens is 1. The molecular weight excluding hydrogens is 315 g/mol. The summed E-state index contributed by atoms with van der Waals surface area (Å²) in [5.74, 6) is 0.914. The lowest BCUT2D eigenvalue weighted by molar-refractivity contribution is -0.119. The lowest BCUT2D eigenvalue weighted by Gasteiger charge is -2.37. The summed E-state index contributed by atoms with van der Waals surface area (Å²) in [7, 11) is 1.68. The van der Waals surface area contributed by atoms with Crippen molar-refractivity contribution >= 4 is 5.91 Å². The van der Waals surface area contributed by atoms with Crippen LogP contribution in [0.3, 0.4) is 0 Å². The molecule has 1 aliphatic heterocycles. The number of hydrogen-bond donors (Lipinski definition) is 1. The molecule has 4 unspecified atom stereocenters. The highest BCUT2D eigenvalue weighted by molar-refractivity contribution is 5.95. The van der Waals surface area contributed by atoms with Crippen molar-refractivity contribution in [2.24, 2.45) is 23.7 Å². The number of nitrogens with zero attached hydrogens (tertiary/aromatic N) is 1. The second-order valence-corrected chi connectivity index (χ2v) is 8.50. The molecule has 1 aliphatic carbocycles. The molecule has 25 heavy (non-hydrogen) atoms. The van der Waals surface area contributed by atoms with Gasteiger partial charge in [-0.15, -0.1) is 0 Å². The van der Waals surface area contributed by atoms with Gasteiger partial charge in [0.05, 0.1) is 5.57 Å². The van der Waals surface area contributed by atoms with Gasteiger partial charge in [-0.25, -0.2) is 0 Å². The third-order valence-electron chi connectivity index (χ3n) is 5.95. The maximum absolute atomic E-state index is 14.7. The van der Waals surface area contributed by atoms with E-state index < -0.39 is 5.95 Å². The molecule has 4 atom stereocenters. The normalized spacial score (nSPS) is 28.9. The molecule has 0 aromatic rings. The van der Waals surface area contributed by atoms with Crippen LogP contribution in [0.5, 0.6) is 0 Å². The molecule has 0 aromatic heterocycles. The molecule has 4 heteroatoms. The Bertz CT molecular complexity index is 552. The van der Waals surface area contributed by atoms with Crippen molar-refractivity contribution in [3.63, 3.8) is 0 Å². The molecule has 142 valence electrons. The fraction of sp³-hybridized carbons (Fsp3) is 0.762. The average molecular weight is 351 g/mol. The summed E-state index contributed by atoms with van der Waals surface area (Å²) in [6.45, 7) is 10.6. The summed E-state index contributed by atoms with van der Waals surface area (Å²) in [5, 5.41) is 3.20. The molecule has 0 spiro atoms. The molecule has 2 aliphatic rings. The van der Waals surface area contributed by atoms with E-state index in [1.54, 1.807) is 7.05 Å². The molecule has 0 bridgehead atoms. The van der Waals surface area contributed by atoms with E-state index in [1.807, 2.05) is 19.9 Å². The summed E-state index contributed by atoms with van der Waals surface area (Å²) >= 11 is 0. The first kappa shape index (κ1) is 20.0. The van der Waals surface area contributed by atoms with Crippen LogP contribution in [0.2, 0.25) is 0 Å². The van der Waals surface area contributed by atoms with E-state index in [0.717, 1.165) is 25.0 Å². The molecule has 1 fully saturated rings. The number of carbonyl (C=O) groups is 1. The van der Waals surface area contributed by atoms with Crippen LogP contribution in [0.25, 0.3) is 0 Å². The minimum absolute atomic E-state index is 0.166. The summed E-state index contributed by atoms with van der Waals surface area (Å²) in [6, 6.07) is 0.166. The molecule has 3 nitrogen and oxygen atoms in total. The third kappa shape index (κ3) is 4.65. The Labute approximate surface area is 152 Å². The van der Waals surface area contributed by atoms with Gasteiger partial charge >= 0.3 is 0 Å². The van der Waals surface area contributed by atoms with Crippen LogP contribution in [0.15, 0.2) is 23.3 Å². The van der Waals surface area contributed by atoms with Crippen LogP contribution >= 0.6 is 0 Å². The van der Waals surface area contributed by atoms with Crippen LogP contribution in [0.4, 0.5) is 4.39 Å². The largest absolute Gasteiger partial charge is 0.349 e. The molecule has 1 amide bonds. The fourth-order valence-corrected chi connectivity index (χ4v) is 4.57. The first-order valence-electron chi connectivity index (χ1n) is 9.85. The van der Waals surface area contributed by atoms with Crippen LogP contribution in [-0.2, 0) is 4.79 Å². The summed E-state index contributed by atoms with van der Waals surface area (Å²) in [4.78, 5) is 14.3. The van der Waals surface area contributed by atoms with Gasteiger partial charge in [0, 0.05) is 24.7 Å². The van der Waals surface area contributed by atoms with Gasteiger partial charge in [0.1, 0.15) is 0 Å². The van der Waals surface area contributed by atoms with E-state index in [9.17, 15) is 9.18 Å². The van der Waals surface area contributed by atoms with Gasteiger partial charge in [0.15, 0.2) is 0 Å². The quantitative estimate of drug-likeness (QED) is 0.707. The standard InChI is InChI=1S/C21H35FN2O/c1-13(2)11-14(3)17-9-7-8-10-18(17)23-21(25)19-15(4)12-16(5)24(6)20(19)22/h12-15,17-18H,7-11H2,1-6H3,(H,23,25). The predicted molar refractivity (Wildman–Crippen MR) is 101 cm³/mol. The van der Waals surface area contributed by atoms with Crippen LogP contribution in [0, 0.1) is 23.7 Å². The van der Waals surface area contributed by atoms with Gasteiger partial charge in [-0.05, 0) is 43.9 Å². The Morgan fingerprint density at radius 1 is 1.32 bits per heavy atom. The fourth-order valence-electron chi connectivity index (χ4n) is 4.57. The maximum Gasteiger partial charge on any atom is 0.252 e. The highest BCUT2D eigenvalue weighted by Gasteiger charge is 2.34. The van der Waals surface area contributed by atoms with Crippen molar-refractivity contribution in [1.82, 2.24) is 10.2 Å². The molecule has 1 saturated carbocycles. The Morgan fingerprint density at radius 3 is 2.60 bits per heavy atom. The van der Waals surface area contributed by atoms with Crippen LogP contribution in [-0.4, -0.2) is 23.9 Å². The number of nitrogens with one attached hydrogen (secondary N) is 1. The highest BCUT2D eigenvalue weighted by atomic mass is 19.1. The number of carbonyl (C=O) groups excluding carboxylic acids is 1. The van der Waals surface area contributed by atoms with Crippen molar-refractivity contribution in [3.05, 3.63) is 23.3 Å². The van der Waals surface area contributed by atoms with Gasteiger partial charge in [-0.1, -0.05) is 46.6 Å². The lowest BCUT2D eigenvalue weighted by atomic mass is 9.74. The van der Waals surface area contributed by atoms with Crippen molar-refractivity contribution in [1.29, 1.82) is 0 Å². The second kappa shape index (κ2) is 8.37. The average Bonchev–Trinajstić information content (AvgIpc) is 2.52. The Hall–Kier alpha value is -1.32. The van der Waals surface area contributed by atoms with Gasteiger partial charge in [0.25, 0.3) is 5.91 Å². The first-order valence-corrected chi connectivity index (χ1v) is 9.85. The monoisotopic (exact) mass is 350 g/mol. The summed E-state index contributed by atoms with van der Waals surface area (Å²) < 4.78 is 14.7. The SMILES string of the molecule is CC1=CC(C)C(C(=O)NC2CCCCC2C(C)CC(C)C)=C(F)N1C. The Kier molecular flexibility index (Phi) is 6.70. The number of hydrogen-bond acceptors (Lipinski definition) is 2.